The van der Waals surface area contributed by atoms with Crippen LogP contribution in [0, 0.1) is 11.6 Å². The fraction of sp³-hybridized carbons (Fsp3) is 0.333. The summed E-state index contributed by atoms with van der Waals surface area (Å²) >= 11 is 1.84. The van der Waals surface area contributed by atoms with Crippen molar-refractivity contribution in [3.63, 3.8) is 0 Å². The minimum Gasteiger partial charge on any atom is -0.335 e. The van der Waals surface area contributed by atoms with Gasteiger partial charge in [0.1, 0.15) is 28.2 Å². The summed E-state index contributed by atoms with van der Waals surface area (Å²) in [4.78, 5) is 21.0. The normalized spacial score (nSPS) is 17.0. The van der Waals surface area contributed by atoms with E-state index in [1.807, 2.05) is 24.0 Å². The number of fused-ring (bicyclic) bond motifs is 1. The fourth-order valence-corrected chi connectivity index (χ4v) is 5.88. The van der Waals surface area contributed by atoms with Crippen LogP contribution in [0.2, 0.25) is 0 Å². The van der Waals surface area contributed by atoms with Gasteiger partial charge in [-0.05, 0) is 81.6 Å². The Labute approximate surface area is 212 Å². The Balaban J connectivity index is 1.39. The minimum absolute atomic E-state index is 0.238. The van der Waals surface area contributed by atoms with Gasteiger partial charge in [-0.1, -0.05) is 6.07 Å². The van der Waals surface area contributed by atoms with Gasteiger partial charge in [-0.15, -0.1) is 11.8 Å². The maximum Gasteiger partial charge on any atom is 0.161 e. The molecule has 0 atom stereocenters. The van der Waals surface area contributed by atoms with Crippen LogP contribution < -0.4 is 5.32 Å². The Morgan fingerprint density at radius 1 is 1.00 bits per heavy atom. The molecule has 1 aliphatic carbocycles. The molecule has 1 saturated heterocycles. The molecule has 0 unspecified atom stereocenters. The molecule has 2 aliphatic rings. The van der Waals surface area contributed by atoms with Gasteiger partial charge in [0.2, 0.25) is 0 Å². The first-order valence-electron chi connectivity index (χ1n) is 12.2. The van der Waals surface area contributed by atoms with Gasteiger partial charge < -0.3 is 10.2 Å². The van der Waals surface area contributed by atoms with E-state index in [1.54, 1.807) is 18.5 Å². The number of nitrogens with one attached hydrogen (secondary N) is 1. The largest absolute Gasteiger partial charge is 0.335 e. The summed E-state index contributed by atoms with van der Waals surface area (Å²) in [5.41, 5.74) is 2.54. The monoisotopic (exact) mass is 504 g/mol. The number of nitrogens with zero attached hydrogens (tertiary/aromatic N) is 5. The van der Waals surface area contributed by atoms with E-state index in [9.17, 15) is 8.78 Å². The number of para-hydroxylation sites is 1. The number of halogens is 2. The summed E-state index contributed by atoms with van der Waals surface area (Å²) < 4.78 is 28.3. The van der Waals surface area contributed by atoms with Gasteiger partial charge in [0.25, 0.3) is 0 Å². The average Bonchev–Trinajstić information content (AvgIpc) is 3.73. The number of anilines is 2. The van der Waals surface area contributed by atoms with Crippen molar-refractivity contribution in [3.8, 4) is 11.4 Å². The Hall–Kier alpha value is -3.17. The lowest BCUT2D eigenvalue weighted by Gasteiger charge is -2.28. The van der Waals surface area contributed by atoms with Crippen molar-refractivity contribution in [1.29, 1.82) is 0 Å². The maximum absolute atomic E-state index is 14.2. The van der Waals surface area contributed by atoms with Crippen molar-refractivity contribution in [3.05, 3.63) is 66.1 Å². The Bertz CT molecular complexity index is 1400. The lowest BCUT2D eigenvalue weighted by atomic mass is 10.1. The molecule has 9 heteroatoms. The predicted octanol–water partition coefficient (Wildman–Crippen LogP) is 6.17. The topological polar surface area (TPSA) is 66.8 Å². The fourth-order valence-electron chi connectivity index (χ4n) is 4.64. The van der Waals surface area contributed by atoms with Crippen LogP contribution in [-0.2, 0) is 0 Å². The summed E-state index contributed by atoms with van der Waals surface area (Å²) in [5, 5.41) is 5.36. The number of hydrogen-bond donors (Lipinski definition) is 1. The van der Waals surface area contributed by atoms with Crippen LogP contribution in [0.3, 0.4) is 0 Å². The summed E-state index contributed by atoms with van der Waals surface area (Å²) in [7, 11) is 2.16. The molecule has 4 aromatic rings. The zero-order valence-electron chi connectivity index (χ0n) is 19.9. The van der Waals surface area contributed by atoms with Gasteiger partial charge in [0, 0.05) is 28.6 Å². The van der Waals surface area contributed by atoms with Crippen molar-refractivity contribution < 1.29 is 8.78 Å². The maximum atomic E-state index is 14.2. The average molecular weight is 505 g/mol. The Morgan fingerprint density at radius 2 is 1.78 bits per heavy atom. The van der Waals surface area contributed by atoms with Crippen molar-refractivity contribution in [2.75, 3.05) is 25.5 Å². The first-order chi connectivity index (χ1) is 17.5. The molecule has 2 fully saturated rings. The third-order valence-corrected chi connectivity index (χ3v) is 8.12. The molecule has 0 spiro atoms. The highest BCUT2D eigenvalue weighted by Gasteiger charge is 2.29. The number of aromatic nitrogens is 4. The zero-order chi connectivity index (χ0) is 24.6. The molecule has 184 valence electrons. The second kappa shape index (κ2) is 9.71. The van der Waals surface area contributed by atoms with Crippen LogP contribution in [0.25, 0.3) is 22.3 Å². The molecule has 6 rings (SSSR count). The van der Waals surface area contributed by atoms with Crippen LogP contribution in [0.4, 0.5) is 20.3 Å². The second-order valence-corrected chi connectivity index (χ2v) is 10.8. The van der Waals surface area contributed by atoms with Crippen LogP contribution in [0.15, 0.2) is 53.9 Å². The van der Waals surface area contributed by atoms with Crippen LogP contribution >= 0.6 is 11.8 Å². The minimum atomic E-state index is -0.681. The Morgan fingerprint density at radius 3 is 2.53 bits per heavy atom. The standard InChI is InChI=1S/C27H26F2N6S/c1-35-11-8-18(9-12-35)36-27-24-19(16-5-6-16)14-30-15-22(24)32-26(34-27)17-7-10-31-23(13-17)33-25-20(28)3-2-4-21(25)29/h2-4,7,10,13-16,18H,5-6,8-9,11-12H2,1H3,(H,31,33). The van der Waals surface area contributed by atoms with Crippen molar-refractivity contribution in [2.45, 2.75) is 41.9 Å². The number of rotatable bonds is 6. The number of benzene rings is 1. The van der Waals surface area contributed by atoms with E-state index in [0.29, 0.717) is 28.4 Å². The van der Waals surface area contributed by atoms with E-state index in [4.69, 9.17) is 9.97 Å². The molecule has 6 nitrogen and oxygen atoms in total. The van der Waals surface area contributed by atoms with E-state index in [1.165, 1.54) is 36.6 Å². The highest BCUT2D eigenvalue weighted by molar-refractivity contribution is 8.00. The number of piperidine rings is 1. The summed E-state index contributed by atoms with van der Waals surface area (Å²) in [6, 6.07) is 7.27. The highest BCUT2D eigenvalue weighted by atomic mass is 32.2. The van der Waals surface area contributed by atoms with Crippen molar-refractivity contribution >= 4 is 34.2 Å². The Kier molecular flexibility index (Phi) is 6.27. The second-order valence-electron chi connectivity index (χ2n) is 9.52. The molecule has 0 bridgehead atoms. The van der Waals surface area contributed by atoms with E-state index < -0.39 is 11.6 Å². The van der Waals surface area contributed by atoms with Crippen LogP contribution in [0.5, 0.6) is 0 Å². The van der Waals surface area contributed by atoms with E-state index in [0.717, 1.165) is 41.9 Å². The van der Waals surface area contributed by atoms with Crippen LogP contribution in [0.1, 0.15) is 37.2 Å². The lowest BCUT2D eigenvalue weighted by Crippen LogP contribution is -2.31. The van der Waals surface area contributed by atoms with Gasteiger partial charge in [-0.25, -0.2) is 23.7 Å². The molecule has 0 radical (unpaired) electrons. The van der Waals surface area contributed by atoms with Crippen LogP contribution in [-0.4, -0.2) is 50.2 Å². The molecule has 36 heavy (non-hydrogen) atoms. The molecule has 1 aliphatic heterocycles. The summed E-state index contributed by atoms with van der Waals surface area (Å²) in [5.74, 6) is 0.0286. The third-order valence-electron chi connectivity index (χ3n) is 6.80. The molecule has 4 heterocycles. The molecule has 0 amide bonds. The zero-order valence-corrected chi connectivity index (χ0v) is 20.7. The van der Waals surface area contributed by atoms with E-state index >= 15 is 0 Å². The predicted molar refractivity (Wildman–Crippen MR) is 139 cm³/mol. The van der Waals surface area contributed by atoms with Gasteiger partial charge in [-0.3, -0.25) is 4.98 Å². The van der Waals surface area contributed by atoms with E-state index in [2.05, 4.69) is 27.2 Å². The first kappa shape index (κ1) is 23.2. The number of hydrogen-bond acceptors (Lipinski definition) is 7. The van der Waals surface area contributed by atoms with Gasteiger partial charge in [0.15, 0.2) is 5.82 Å². The highest BCUT2D eigenvalue weighted by Crippen LogP contribution is 2.45. The first-order valence-corrected chi connectivity index (χ1v) is 13.1. The summed E-state index contributed by atoms with van der Waals surface area (Å²) in [6.07, 6.45) is 9.94. The SMILES string of the molecule is CN1CCC(Sc2nc(-c3ccnc(Nc4c(F)cccc4F)c3)nc3cncc(C4CC4)c23)CC1. The summed E-state index contributed by atoms with van der Waals surface area (Å²) in [6.45, 7) is 2.16. The lowest BCUT2D eigenvalue weighted by molar-refractivity contribution is 0.282. The third kappa shape index (κ3) is 4.77. The number of thioether (sulfide) groups is 1. The molecule has 1 saturated carbocycles. The quantitative estimate of drug-likeness (QED) is 0.315. The van der Waals surface area contributed by atoms with Gasteiger partial charge in [-0.2, -0.15) is 0 Å². The van der Waals surface area contributed by atoms with Crippen molar-refractivity contribution in [2.24, 2.45) is 0 Å². The number of likely N-dealkylation sites (tertiary alicyclic amines) is 1. The molecule has 3 aromatic heterocycles. The van der Waals surface area contributed by atoms with Crippen molar-refractivity contribution in [1.82, 2.24) is 24.8 Å². The van der Waals surface area contributed by atoms with Gasteiger partial charge in [0.05, 0.1) is 11.7 Å². The molecular formula is C27H26F2N6S. The molecular weight excluding hydrogens is 478 g/mol. The van der Waals surface area contributed by atoms with Gasteiger partial charge >= 0.3 is 0 Å². The molecule has 1 N–H and O–H groups in total. The smallest absolute Gasteiger partial charge is 0.161 e. The van der Waals surface area contributed by atoms with E-state index in [-0.39, 0.29) is 5.69 Å². The number of pyridine rings is 2. The molecule has 1 aromatic carbocycles.